The van der Waals surface area contributed by atoms with E-state index in [4.69, 9.17) is 4.74 Å². The van der Waals surface area contributed by atoms with E-state index in [1.54, 1.807) is 12.1 Å². The smallest absolute Gasteiger partial charge is 0.407 e. The van der Waals surface area contributed by atoms with Gasteiger partial charge < -0.3 is 15.2 Å². The molecule has 5 nitrogen and oxygen atoms in total. The molecule has 0 bridgehead atoms. The van der Waals surface area contributed by atoms with Gasteiger partial charge in [0, 0.05) is 0 Å². The van der Waals surface area contributed by atoms with E-state index in [9.17, 15) is 14.7 Å². The van der Waals surface area contributed by atoms with Crippen molar-refractivity contribution in [2.24, 2.45) is 0 Å². The molecule has 3 rings (SSSR count). The van der Waals surface area contributed by atoms with Crippen LogP contribution in [-0.4, -0.2) is 17.2 Å². The fourth-order valence-electron chi connectivity index (χ4n) is 2.91. The molecule has 5 heteroatoms. The van der Waals surface area contributed by atoms with Crippen LogP contribution in [0.1, 0.15) is 39.5 Å². The van der Waals surface area contributed by atoms with Crippen molar-refractivity contribution in [2.45, 2.75) is 25.5 Å². The monoisotopic (exact) mass is 311 g/mol. The third-order valence-corrected chi connectivity index (χ3v) is 4.01. The number of hydrogen-bond acceptors (Lipinski definition) is 3. The lowest BCUT2D eigenvalue weighted by Gasteiger charge is -2.14. The number of aromatic carboxylic acids is 1. The number of carboxylic acid groups (broad SMARTS) is 1. The fourth-order valence-corrected chi connectivity index (χ4v) is 2.91. The van der Waals surface area contributed by atoms with Gasteiger partial charge in [0.25, 0.3) is 0 Å². The molecule has 0 heterocycles. The molecule has 23 heavy (non-hydrogen) atoms. The van der Waals surface area contributed by atoms with Crippen LogP contribution in [0.2, 0.25) is 0 Å². The number of benzene rings is 2. The summed E-state index contributed by atoms with van der Waals surface area (Å²) in [7, 11) is 0. The zero-order valence-electron chi connectivity index (χ0n) is 12.5. The molecular formula is C18H17NO4. The Labute approximate surface area is 133 Å². The van der Waals surface area contributed by atoms with E-state index in [0.29, 0.717) is 18.4 Å². The summed E-state index contributed by atoms with van der Waals surface area (Å²) in [6.07, 6.45) is 0.828. The van der Waals surface area contributed by atoms with Crippen molar-refractivity contribution in [3.8, 4) is 0 Å². The zero-order chi connectivity index (χ0) is 16.2. The molecule has 0 saturated heterocycles. The minimum atomic E-state index is -0.936. The minimum Gasteiger partial charge on any atom is -0.478 e. The third-order valence-electron chi connectivity index (χ3n) is 4.01. The van der Waals surface area contributed by atoms with E-state index in [-0.39, 0.29) is 12.6 Å². The molecular weight excluding hydrogens is 294 g/mol. The van der Waals surface area contributed by atoms with Gasteiger partial charge in [-0.3, -0.25) is 0 Å². The Kier molecular flexibility index (Phi) is 4.28. The van der Waals surface area contributed by atoms with Crippen LogP contribution in [0.5, 0.6) is 0 Å². The second-order valence-electron chi connectivity index (χ2n) is 5.48. The summed E-state index contributed by atoms with van der Waals surface area (Å²) < 4.78 is 5.22. The summed E-state index contributed by atoms with van der Waals surface area (Å²) in [5.74, 6) is -0.936. The van der Waals surface area contributed by atoms with Crippen LogP contribution >= 0.6 is 0 Å². The summed E-state index contributed by atoms with van der Waals surface area (Å²) in [6.45, 7) is 0.210. The highest BCUT2D eigenvalue weighted by Crippen LogP contribution is 2.33. The van der Waals surface area contributed by atoms with E-state index < -0.39 is 12.1 Å². The van der Waals surface area contributed by atoms with Gasteiger partial charge in [0.2, 0.25) is 0 Å². The lowest BCUT2D eigenvalue weighted by Crippen LogP contribution is -2.27. The SMILES string of the molecule is O=C(NC1CCc2c(C(=O)O)cccc21)OCc1ccccc1. The number of carbonyl (C=O) groups is 2. The van der Waals surface area contributed by atoms with Crippen molar-refractivity contribution in [1.82, 2.24) is 5.32 Å². The van der Waals surface area contributed by atoms with Crippen LogP contribution in [0.15, 0.2) is 48.5 Å². The van der Waals surface area contributed by atoms with Crippen molar-refractivity contribution in [3.63, 3.8) is 0 Å². The van der Waals surface area contributed by atoms with E-state index in [2.05, 4.69) is 5.32 Å². The van der Waals surface area contributed by atoms with E-state index in [1.165, 1.54) is 0 Å². The molecule has 0 saturated carbocycles. The first-order valence-electron chi connectivity index (χ1n) is 7.47. The molecule has 2 N–H and O–H groups in total. The number of nitrogens with one attached hydrogen (secondary N) is 1. The number of rotatable bonds is 4. The van der Waals surface area contributed by atoms with Gasteiger partial charge >= 0.3 is 12.1 Å². The summed E-state index contributed by atoms with van der Waals surface area (Å²) in [6, 6.07) is 14.4. The van der Waals surface area contributed by atoms with Crippen LogP contribution in [0, 0.1) is 0 Å². The van der Waals surface area contributed by atoms with Crippen LogP contribution in [0.4, 0.5) is 4.79 Å². The van der Waals surface area contributed by atoms with Crippen LogP contribution in [-0.2, 0) is 17.8 Å². The Morgan fingerprint density at radius 1 is 1.13 bits per heavy atom. The van der Waals surface area contributed by atoms with Crippen LogP contribution in [0.25, 0.3) is 0 Å². The Balaban J connectivity index is 1.63. The molecule has 0 aliphatic heterocycles. The van der Waals surface area contributed by atoms with E-state index >= 15 is 0 Å². The van der Waals surface area contributed by atoms with Crippen LogP contribution < -0.4 is 5.32 Å². The normalized spacial score (nSPS) is 15.7. The van der Waals surface area contributed by atoms with Crippen molar-refractivity contribution >= 4 is 12.1 Å². The third kappa shape index (κ3) is 3.34. The lowest BCUT2D eigenvalue weighted by molar-refractivity contribution is 0.0695. The summed E-state index contributed by atoms with van der Waals surface area (Å²) in [5, 5.41) is 12.0. The highest BCUT2D eigenvalue weighted by molar-refractivity contribution is 5.90. The number of ether oxygens (including phenoxy) is 1. The Morgan fingerprint density at radius 3 is 2.65 bits per heavy atom. The summed E-state index contributed by atoms with van der Waals surface area (Å²) in [5.41, 5.74) is 2.89. The Bertz CT molecular complexity index is 727. The second kappa shape index (κ2) is 6.52. The molecule has 1 aliphatic rings. The fraction of sp³-hybridized carbons (Fsp3) is 0.222. The molecule has 1 aliphatic carbocycles. The first-order valence-corrected chi connectivity index (χ1v) is 7.47. The van der Waals surface area contributed by atoms with E-state index in [0.717, 1.165) is 16.7 Å². The van der Waals surface area contributed by atoms with Gasteiger partial charge in [0.05, 0.1) is 11.6 Å². The number of alkyl carbamates (subject to hydrolysis) is 1. The molecule has 1 atom stereocenters. The maximum absolute atomic E-state index is 12.0. The largest absolute Gasteiger partial charge is 0.478 e. The number of carbonyl (C=O) groups excluding carboxylic acids is 1. The number of amides is 1. The molecule has 0 radical (unpaired) electrons. The number of hydrogen-bond donors (Lipinski definition) is 2. The average Bonchev–Trinajstić information content (AvgIpc) is 2.97. The molecule has 1 amide bonds. The summed E-state index contributed by atoms with van der Waals surface area (Å²) >= 11 is 0. The summed E-state index contributed by atoms with van der Waals surface area (Å²) in [4.78, 5) is 23.2. The molecule has 2 aromatic carbocycles. The van der Waals surface area contributed by atoms with Crippen molar-refractivity contribution < 1.29 is 19.4 Å². The highest BCUT2D eigenvalue weighted by atomic mass is 16.5. The average molecular weight is 311 g/mol. The van der Waals surface area contributed by atoms with Gasteiger partial charge in [-0.25, -0.2) is 9.59 Å². The maximum Gasteiger partial charge on any atom is 0.407 e. The molecule has 0 fully saturated rings. The van der Waals surface area contributed by atoms with Crippen LogP contribution in [0.3, 0.4) is 0 Å². The molecule has 1 unspecified atom stereocenters. The van der Waals surface area contributed by atoms with Gasteiger partial charge in [-0.05, 0) is 35.6 Å². The van der Waals surface area contributed by atoms with Crippen molar-refractivity contribution in [3.05, 3.63) is 70.8 Å². The Morgan fingerprint density at radius 2 is 1.91 bits per heavy atom. The lowest BCUT2D eigenvalue weighted by atomic mass is 10.0. The number of carboxylic acids is 1. The first-order chi connectivity index (χ1) is 11.1. The molecule has 2 aromatic rings. The second-order valence-corrected chi connectivity index (χ2v) is 5.48. The maximum atomic E-state index is 12.0. The molecule has 0 spiro atoms. The Hall–Kier alpha value is -2.82. The van der Waals surface area contributed by atoms with Crippen molar-refractivity contribution in [2.75, 3.05) is 0 Å². The predicted molar refractivity (Wildman–Crippen MR) is 84.2 cm³/mol. The highest BCUT2D eigenvalue weighted by Gasteiger charge is 2.27. The number of fused-ring (bicyclic) bond motifs is 1. The first kappa shape index (κ1) is 15.1. The minimum absolute atomic E-state index is 0.201. The van der Waals surface area contributed by atoms with Gasteiger partial charge in [0.1, 0.15) is 6.61 Å². The van der Waals surface area contributed by atoms with Gasteiger partial charge in [0.15, 0.2) is 0 Å². The molecule has 118 valence electrons. The standard InChI is InChI=1S/C18H17NO4/c20-17(21)15-8-4-7-14-13(15)9-10-16(14)19-18(22)23-11-12-5-2-1-3-6-12/h1-8,16H,9-11H2,(H,19,22)(H,20,21). The van der Waals surface area contributed by atoms with Gasteiger partial charge in [-0.2, -0.15) is 0 Å². The predicted octanol–water partition coefficient (Wildman–Crippen LogP) is 3.30. The quantitative estimate of drug-likeness (QED) is 0.908. The van der Waals surface area contributed by atoms with E-state index in [1.807, 2.05) is 36.4 Å². The van der Waals surface area contributed by atoms with Gasteiger partial charge in [-0.1, -0.05) is 42.5 Å². The zero-order valence-corrected chi connectivity index (χ0v) is 12.5. The molecule has 0 aromatic heterocycles. The van der Waals surface area contributed by atoms with Crippen molar-refractivity contribution in [1.29, 1.82) is 0 Å². The van der Waals surface area contributed by atoms with Gasteiger partial charge in [-0.15, -0.1) is 0 Å². The topological polar surface area (TPSA) is 75.6 Å².